The molecular formula is C12H24O3. The van der Waals surface area contributed by atoms with Crippen LogP contribution in [0.2, 0.25) is 0 Å². The van der Waals surface area contributed by atoms with Crippen molar-refractivity contribution in [2.75, 3.05) is 6.61 Å². The maximum Gasteiger partial charge on any atom is 0.312 e. The Morgan fingerprint density at radius 3 is 1.53 bits per heavy atom. The predicted molar refractivity (Wildman–Crippen MR) is 60.7 cm³/mol. The first kappa shape index (κ1) is 14.4. The molecular weight excluding hydrogens is 192 g/mol. The summed E-state index contributed by atoms with van der Waals surface area (Å²) in [6.45, 7) is 11.3. The van der Waals surface area contributed by atoms with Crippen LogP contribution in [0.25, 0.3) is 0 Å². The molecule has 0 heterocycles. The first-order valence-electron chi connectivity index (χ1n) is 5.30. The second-order valence-electron chi connectivity index (χ2n) is 6.53. The van der Waals surface area contributed by atoms with Gasteiger partial charge in [0.15, 0.2) is 0 Å². The van der Waals surface area contributed by atoms with Crippen LogP contribution in [0.5, 0.6) is 0 Å². The summed E-state index contributed by atoms with van der Waals surface area (Å²) in [5.74, 6) is -0.910. The zero-order valence-corrected chi connectivity index (χ0v) is 10.7. The number of aliphatic hydroxyl groups excluding tert-OH is 1. The number of hydrogen-bond donors (Lipinski definition) is 2. The molecule has 15 heavy (non-hydrogen) atoms. The fourth-order valence-corrected chi connectivity index (χ4v) is 1.93. The molecule has 0 saturated heterocycles. The van der Waals surface area contributed by atoms with Crippen LogP contribution in [0.1, 0.15) is 48.0 Å². The van der Waals surface area contributed by atoms with Crippen molar-refractivity contribution in [1.82, 2.24) is 0 Å². The molecule has 1 unspecified atom stereocenters. The molecule has 0 aliphatic carbocycles. The molecule has 0 aromatic rings. The molecule has 0 aliphatic heterocycles. The van der Waals surface area contributed by atoms with Crippen molar-refractivity contribution in [3.8, 4) is 0 Å². The Morgan fingerprint density at radius 2 is 1.47 bits per heavy atom. The van der Waals surface area contributed by atoms with Crippen molar-refractivity contribution in [3.63, 3.8) is 0 Å². The van der Waals surface area contributed by atoms with Crippen molar-refractivity contribution in [2.24, 2.45) is 16.2 Å². The lowest BCUT2D eigenvalue weighted by molar-refractivity contribution is -0.164. The normalized spacial score (nSPS) is 17.3. The van der Waals surface area contributed by atoms with Crippen LogP contribution < -0.4 is 0 Å². The topological polar surface area (TPSA) is 57.5 Å². The number of carboxylic acids is 1. The van der Waals surface area contributed by atoms with Crippen LogP contribution in [-0.2, 0) is 4.79 Å². The van der Waals surface area contributed by atoms with E-state index in [9.17, 15) is 15.0 Å². The Kier molecular flexibility index (Phi) is 3.97. The van der Waals surface area contributed by atoms with Crippen molar-refractivity contribution < 1.29 is 15.0 Å². The molecule has 0 radical (unpaired) electrons. The van der Waals surface area contributed by atoms with Gasteiger partial charge in [-0.25, -0.2) is 0 Å². The quantitative estimate of drug-likeness (QED) is 0.762. The lowest BCUT2D eigenvalue weighted by atomic mass is 9.60. The molecule has 3 nitrogen and oxygen atoms in total. The number of carboxylic acid groups (broad SMARTS) is 1. The first-order chi connectivity index (χ1) is 6.46. The Morgan fingerprint density at radius 1 is 1.07 bits per heavy atom. The summed E-state index contributed by atoms with van der Waals surface area (Å²) in [5.41, 5.74) is -1.64. The lowest BCUT2D eigenvalue weighted by Crippen LogP contribution is -2.48. The van der Waals surface area contributed by atoms with Crippen LogP contribution in [0.15, 0.2) is 0 Å². The predicted octanol–water partition coefficient (Wildman–Crippen LogP) is 2.53. The van der Waals surface area contributed by atoms with E-state index in [1.54, 1.807) is 0 Å². The van der Waals surface area contributed by atoms with Gasteiger partial charge in [-0.3, -0.25) is 4.79 Å². The van der Waals surface area contributed by atoms with Crippen LogP contribution in [0.4, 0.5) is 0 Å². The van der Waals surface area contributed by atoms with Gasteiger partial charge in [0, 0.05) is 0 Å². The van der Waals surface area contributed by atoms with E-state index in [0.717, 1.165) is 0 Å². The van der Waals surface area contributed by atoms with Gasteiger partial charge >= 0.3 is 5.97 Å². The van der Waals surface area contributed by atoms with Gasteiger partial charge in [-0.1, -0.05) is 41.5 Å². The van der Waals surface area contributed by atoms with Crippen molar-refractivity contribution >= 4 is 5.97 Å². The first-order valence-corrected chi connectivity index (χ1v) is 5.30. The largest absolute Gasteiger partial charge is 0.481 e. The maximum atomic E-state index is 11.4. The lowest BCUT2D eigenvalue weighted by Gasteiger charge is -2.43. The number of aliphatic carboxylic acids is 1. The van der Waals surface area contributed by atoms with E-state index in [1.165, 1.54) is 0 Å². The maximum absolute atomic E-state index is 11.4. The summed E-state index contributed by atoms with van der Waals surface area (Å²) in [7, 11) is 0. The van der Waals surface area contributed by atoms with E-state index in [4.69, 9.17) is 0 Å². The summed E-state index contributed by atoms with van der Waals surface area (Å²) < 4.78 is 0. The zero-order valence-electron chi connectivity index (χ0n) is 10.7. The minimum absolute atomic E-state index is 0.117. The molecule has 0 aromatic heterocycles. The molecule has 0 aliphatic rings. The molecule has 0 fully saturated rings. The Labute approximate surface area is 92.5 Å². The van der Waals surface area contributed by atoms with Crippen molar-refractivity contribution in [2.45, 2.75) is 48.0 Å². The van der Waals surface area contributed by atoms with Crippen molar-refractivity contribution in [3.05, 3.63) is 0 Å². The zero-order chi connectivity index (χ0) is 12.5. The van der Waals surface area contributed by atoms with Crippen LogP contribution in [-0.4, -0.2) is 22.8 Å². The second kappa shape index (κ2) is 4.12. The highest BCUT2D eigenvalue weighted by molar-refractivity contribution is 5.76. The van der Waals surface area contributed by atoms with Crippen molar-refractivity contribution in [1.29, 1.82) is 0 Å². The summed E-state index contributed by atoms with van der Waals surface area (Å²) in [6, 6.07) is 0. The van der Waals surface area contributed by atoms with Gasteiger partial charge < -0.3 is 10.2 Å². The third-order valence-corrected chi connectivity index (χ3v) is 2.95. The number of rotatable bonds is 3. The number of carbonyl (C=O) groups is 1. The van der Waals surface area contributed by atoms with Gasteiger partial charge in [0.1, 0.15) is 0 Å². The van der Waals surface area contributed by atoms with Gasteiger partial charge in [-0.05, 0) is 17.3 Å². The van der Waals surface area contributed by atoms with Gasteiger partial charge in [-0.2, -0.15) is 0 Å². The van der Waals surface area contributed by atoms with E-state index in [2.05, 4.69) is 0 Å². The molecule has 3 heteroatoms. The molecule has 1 atom stereocenters. The second-order valence-corrected chi connectivity index (χ2v) is 6.53. The third kappa shape index (κ3) is 3.20. The highest BCUT2D eigenvalue weighted by Crippen LogP contribution is 2.46. The molecule has 0 aromatic carbocycles. The summed E-state index contributed by atoms with van der Waals surface area (Å²) in [4.78, 5) is 11.4. The van der Waals surface area contributed by atoms with E-state index in [0.29, 0.717) is 6.42 Å². The standard InChI is InChI=1S/C12H24O3/c1-10(2,3)7-12(8-13,9(14)15)11(4,5)6/h13H,7-8H2,1-6H3,(H,14,15). The van der Waals surface area contributed by atoms with E-state index >= 15 is 0 Å². The van der Waals surface area contributed by atoms with E-state index in [1.807, 2.05) is 41.5 Å². The minimum atomic E-state index is -1.06. The van der Waals surface area contributed by atoms with E-state index < -0.39 is 16.8 Å². The molecule has 2 N–H and O–H groups in total. The highest BCUT2D eigenvalue weighted by atomic mass is 16.4. The molecule has 0 bridgehead atoms. The van der Waals surface area contributed by atoms with Crippen LogP contribution >= 0.6 is 0 Å². The Balaban J connectivity index is 5.29. The van der Waals surface area contributed by atoms with Gasteiger partial charge in [0.2, 0.25) is 0 Å². The van der Waals surface area contributed by atoms with Gasteiger partial charge in [0.25, 0.3) is 0 Å². The highest BCUT2D eigenvalue weighted by Gasteiger charge is 2.50. The summed E-state index contributed by atoms with van der Waals surface area (Å²) in [6.07, 6.45) is 0.468. The summed E-state index contributed by atoms with van der Waals surface area (Å²) in [5, 5.41) is 18.8. The fraction of sp³-hybridized carbons (Fsp3) is 0.917. The molecule has 0 amide bonds. The van der Waals surface area contributed by atoms with Crippen LogP contribution in [0.3, 0.4) is 0 Å². The third-order valence-electron chi connectivity index (χ3n) is 2.95. The number of hydrogen-bond acceptors (Lipinski definition) is 2. The van der Waals surface area contributed by atoms with Gasteiger partial charge in [-0.15, -0.1) is 0 Å². The van der Waals surface area contributed by atoms with E-state index in [-0.39, 0.29) is 12.0 Å². The average Bonchev–Trinajstić information content (AvgIpc) is 1.95. The van der Waals surface area contributed by atoms with Crippen LogP contribution in [0, 0.1) is 16.2 Å². The monoisotopic (exact) mass is 216 g/mol. The average molecular weight is 216 g/mol. The minimum Gasteiger partial charge on any atom is -0.481 e. The number of aliphatic hydroxyl groups is 1. The molecule has 0 rings (SSSR count). The molecule has 90 valence electrons. The fourth-order valence-electron chi connectivity index (χ4n) is 1.93. The SMILES string of the molecule is CC(C)(C)CC(CO)(C(=O)O)C(C)(C)C. The molecule has 0 saturated carbocycles. The van der Waals surface area contributed by atoms with Gasteiger partial charge in [0.05, 0.1) is 12.0 Å². The molecule has 0 spiro atoms. The summed E-state index contributed by atoms with van der Waals surface area (Å²) >= 11 is 0. The Bertz CT molecular complexity index is 232. The Hall–Kier alpha value is -0.570. The smallest absolute Gasteiger partial charge is 0.312 e.